The molecule has 0 amide bonds. The smallest absolute Gasteiger partial charge is 0.122 e. The van der Waals surface area contributed by atoms with Gasteiger partial charge in [-0.3, -0.25) is 10.2 Å². The van der Waals surface area contributed by atoms with Crippen LogP contribution in [0.4, 0.5) is 0 Å². The van der Waals surface area contributed by atoms with E-state index in [2.05, 4.69) is 37.1 Å². The maximum atomic E-state index is 9.68. The van der Waals surface area contributed by atoms with Gasteiger partial charge in [0.25, 0.3) is 0 Å². The van der Waals surface area contributed by atoms with Crippen LogP contribution in [-0.4, -0.2) is 36.6 Å². The van der Waals surface area contributed by atoms with Crippen molar-refractivity contribution in [2.24, 2.45) is 11.3 Å². The Morgan fingerprint density at radius 2 is 2.00 bits per heavy atom. The molecule has 1 saturated carbocycles. The van der Waals surface area contributed by atoms with Crippen molar-refractivity contribution >= 4 is 0 Å². The predicted octanol–water partition coefficient (Wildman–Crippen LogP) is 2.78. The van der Waals surface area contributed by atoms with Gasteiger partial charge in [-0.15, -0.1) is 0 Å². The van der Waals surface area contributed by atoms with E-state index >= 15 is 0 Å². The molecule has 0 bridgehead atoms. The average Bonchev–Trinajstić information content (AvgIpc) is 3.21. The zero-order chi connectivity index (χ0) is 13.9. The molecule has 1 N–H and O–H groups in total. The van der Waals surface area contributed by atoms with Gasteiger partial charge in [0, 0.05) is 13.1 Å². The fourth-order valence-corrected chi connectivity index (χ4v) is 3.73. The highest BCUT2D eigenvalue weighted by Crippen LogP contribution is 2.42. The second-order valence-electron chi connectivity index (χ2n) is 6.56. The fourth-order valence-electron chi connectivity index (χ4n) is 3.73. The highest BCUT2D eigenvalue weighted by atomic mass is 15.2. The van der Waals surface area contributed by atoms with Gasteiger partial charge in [0.05, 0.1) is 6.07 Å². The zero-order valence-corrected chi connectivity index (χ0v) is 12.8. The third-order valence-corrected chi connectivity index (χ3v) is 5.46. The molecule has 1 saturated heterocycles. The van der Waals surface area contributed by atoms with E-state index in [1.165, 1.54) is 45.2 Å². The van der Waals surface area contributed by atoms with Crippen molar-refractivity contribution in [2.45, 2.75) is 58.4 Å². The molecule has 2 aliphatic rings. The number of hydrogen-bond acceptors (Lipinski definition) is 3. The summed E-state index contributed by atoms with van der Waals surface area (Å²) < 4.78 is 0. The van der Waals surface area contributed by atoms with Gasteiger partial charge in [0.1, 0.15) is 5.54 Å². The van der Waals surface area contributed by atoms with E-state index in [4.69, 9.17) is 0 Å². The van der Waals surface area contributed by atoms with Gasteiger partial charge in [0.15, 0.2) is 0 Å². The Balaban J connectivity index is 2.01. The molecule has 1 aliphatic heterocycles. The quantitative estimate of drug-likeness (QED) is 0.767. The van der Waals surface area contributed by atoms with E-state index in [0.717, 1.165) is 13.1 Å². The van der Waals surface area contributed by atoms with Crippen molar-refractivity contribution in [1.82, 2.24) is 10.2 Å². The van der Waals surface area contributed by atoms with E-state index in [0.29, 0.717) is 11.3 Å². The summed E-state index contributed by atoms with van der Waals surface area (Å²) >= 11 is 0. The summed E-state index contributed by atoms with van der Waals surface area (Å²) in [4.78, 5) is 2.54. The SMILES string of the molecule is CCNC(C#N)(CN1CCC(CC)(CC)C1)C1CC1. The van der Waals surface area contributed by atoms with Crippen LogP contribution in [0.15, 0.2) is 0 Å². The number of nitrogens with zero attached hydrogens (tertiary/aromatic N) is 2. The monoisotopic (exact) mass is 263 g/mol. The molecule has 0 aromatic rings. The molecule has 108 valence electrons. The van der Waals surface area contributed by atoms with Crippen LogP contribution in [0.5, 0.6) is 0 Å². The van der Waals surface area contributed by atoms with Crippen LogP contribution in [0, 0.1) is 22.7 Å². The summed E-state index contributed by atoms with van der Waals surface area (Å²) in [5, 5.41) is 13.2. The molecule has 0 radical (unpaired) electrons. The van der Waals surface area contributed by atoms with Gasteiger partial charge in [-0.05, 0) is 56.5 Å². The van der Waals surface area contributed by atoms with Crippen molar-refractivity contribution in [3.63, 3.8) is 0 Å². The minimum Gasteiger partial charge on any atom is -0.300 e. The Kier molecular flexibility index (Phi) is 4.53. The molecule has 19 heavy (non-hydrogen) atoms. The second-order valence-corrected chi connectivity index (χ2v) is 6.56. The topological polar surface area (TPSA) is 39.1 Å². The normalized spacial score (nSPS) is 26.0. The summed E-state index contributed by atoms with van der Waals surface area (Å²) in [6.07, 6.45) is 6.29. The van der Waals surface area contributed by atoms with Crippen molar-refractivity contribution in [1.29, 1.82) is 5.26 Å². The molecule has 0 aromatic heterocycles. The van der Waals surface area contributed by atoms with E-state index < -0.39 is 0 Å². The van der Waals surface area contributed by atoms with Gasteiger partial charge in [-0.2, -0.15) is 5.26 Å². The van der Waals surface area contributed by atoms with Gasteiger partial charge in [0.2, 0.25) is 0 Å². The van der Waals surface area contributed by atoms with Crippen LogP contribution < -0.4 is 5.32 Å². The first-order valence-electron chi connectivity index (χ1n) is 8.02. The van der Waals surface area contributed by atoms with E-state index in [1.807, 2.05) is 0 Å². The van der Waals surface area contributed by atoms with Gasteiger partial charge < -0.3 is 0 Å². The molecular weight excluding hydrogens is 234 g/mol. The Bertz CT molecular complexity index is 338. The number of nitriles is 1. The molecule has 2 rings (SSSR count). The molecule has 2 fully saturated rings. The maximum Gasteiger partial charge on any atom is 0.122 e. The Morgan fingerprint density at radius 3 is 2.42 bits per heavy atom. The number of hydrogen-bond donors (Lipinski definition) is 1. The van der Waals surface area contributed by atoms with E-state index in [1.54, 1.807) is 0 Å². The Labute approximate surface area is 118 Å². The Hall–Kier alpha value is -0.590. The first-order valence-corrected chi connectivity index (χ1v) is 8.02. The minimum absolute atomic E-state index is 0.285. The largest absolute Gasteiger partial charge is 0.300 e. The molecule has 0 aromatic carbocycles. The van der Waals surface area contributed by atoms with Crippen LogP contribution >= 0.6 is 0 Å². The first-order chi connectivity index (χ1) is 9.13. The summed E-state index contributed by atoms with van der Waals surface area (Å²) in [5.74, 6) is 0.579. The fraction of sp³-hybridized carbons (Fsp3) is 0.938. The lowest BCUT2D eigenvalue weighted by molar-refractivity contribution is 0.195. The highest BCUT2D eigenvalue weighted by Gasteiger charge is 2.48. The van der Waals surface area contributed by atoms with Crippen LogP contribution in [-0.2, 0) is 0 Å². The van der Waals surface area contributed by atoms with Crippen LogP contribution in [0.2, 0.25) is 0 Å². The first kappa shape index (κ1) is 14.8. The third-order valence-electron chi connectivity index (χ3n) is 5.46. The lowest BCUT2D eigenvalue weighted by atomic mass is 9.82. The van der Waals surface area contributed by atoms with E-state index in [9.17, 15) is 5.26 Å². The molecular formula is C16H29N3. The average molecular weight is 263 g/mol. The van der Waals surface area contributed by atoms with Crippen LogP contribution in [0.1, 0.15) is 52.9 Å². The number of likely N-dealkylation sites (tertiary alicyclic amines) is 1. The highest BCUT2D eigenvalue weighted by molar-refractivity contribution is 5.17. The summed E-state index contributed by atoms with van der Waals surface area (Å²) in [7, 11) is 0. The molecule has 3 nitrogen and oxygen atoms in total. The lowest BCUT2D eigenvalue weighted by Crippen LogP contribution is -2.54. The van der Waals surface area contributed by atoms with Gasteiger partial charge in [-0.25, -0.2) is 0 Å². The molecule has 3 heteroatoms. The van der Waals surface area contributed by atoms with Crippen molar-refractivity contribution in [2.75, 3.05) is 26.2 Å². The third kappa shape index (κ3) is 2.95. The molecule has 1 aliphatic carbocycles. The molecule has 1 atom stereocenters. The van der Waals surface area contributed by atoms with Crippen LogP contribution in [0.3, 0.4) is 0 Å². The standard InChI is InChI=1S/C16H29N3/c1-4-15(5-2)9-10-19(12-15)13-16(11-17,18-6-3)14-7-8-14/h14,18H,4-10,12-13H2,1-3H3. The predicted molar refractivity (Wildman–Crippen MR) is 78.8 cm³/mol. The number of likely N-dealkylation sites (N-methyl/N-ethyl adjacent to an activating group) is 1. The molecule has 1 unspecified atom stereocenters. The van der Waals surface area contributed by atoms with Gasteiger partial charge >= 0.3 is 0 Å². The maximum absolute atomic E-state index is 9.68. The second kappa shape index (κ2) is 5.81. The lowest BCUT2D eigenvalue weighted by Gasteiger charge is -2.33. The van der Waals surface area contributed by atoms with Gasteiger partial charge in [-0.1, -0.05) is 20.8 Å². The van der Waals surface area contributed by atoms with Crippen LogP contribution in [0.25, 0.3) is 0 Å². The van der Waals surface area contributed by atoms with Crippen molar-refractivity contribution in [3.8, 4) is 6.07 Å². The Morgan fingerprint density at radius 1 is 1.32 bits per heavy atom. The van der Waals surface area contributed by atoms with E-state index in [-0.39, 0.29) is 5.54 Å². The molecule has 0 spiro atoms. The minimum atomic E-state index is -0.285. The molecule has 1 heterocycles. The van der Waals surface area contributed by atoms with Crippen molar-refractivity contribution in [3.05, 3.63) is 0 Å². The summed E-state index contributed by atoms with van der Waals surface area (Å²) in [6, 6.07) is 2.62. The zero-order valence-electron chi connectivity index (χ0n) is 12.8. The summed E-state index contributed by atoms with van der Waals surface area (Å²) in [6.45, 7) is 10.9. The number of rotatable bonds is 7. The van der Waals surface area contributed by atoms with Crippen molar-refractivity contribution < 1.29 is 0 Å². The summed E-state index contributed by atoms with van der Waals surface area (Å²) in [5.41, 5.74) is 0.225. The number of nitrogens with one attached hydrogen (secondary N) is 1.